The second kappa shape index (κ2) is 8.79. The van der Waals surface area contributed by atoms with Crippen LogP contribution in [0.1, 0.15) is 10.6 Å². The third kappa shape index (κ3) is 4.86. The zero-order valence-electron chi connectivity index (χ0n) is 14.2. The van der Waals surface area contributed by atoms with Crippen LogP contribution < -0.4 is 10.6 Å². The van der Waals surface area contributed by atoms with Crippen molar-refractivity contribution in [3.05, 3.63) is 79.5 Å². The van der Waals surface area contributed by atoms with Gasteiger partial charge in [-0.1, -0.05) is 40.9 Å². The fourth-order valence-corrected chi connectivity index (χ4v) is 3.10. The molecule has 0 saturated carbocycles. The van der Waals surface area contributed by atoms with Gasteiger partial charge in [0.05, 0.1) is 25.7 Å². The number of nitro groups is 1. The summed E-state index contributed by atoms with van der Waals surface area (Å²) in [5.74, 6) is -0.304. The van der Waals surface area contributed by atoms with Crippen molar-refractivity contribution in [1.29, 1.82) is 0 Å². The Balaban J connectivity index is 1.72. The fraction of sp³-hybridized carbons (Fsp3) is 0. The van der Waals surface area contributed by atoms with Gasteiger partial charge < -0.3 is 9.73 Å². The van der Waals surface area contributed by atoms with Crippen LogP contribution in [0.5, 0.6) is 0 Å². The molecule has 2 N–H and O–H groups in total. The molecule has 7 nitrogen and oxygen atoms in total. The van der Waals surface area contributed by atoms with Gasteiger partial charge in [-0.2, -0.15) is 0 Å². The molecule has 148 valence electrons. The van der Waals surface area contributed by atoms with Crippen LogP contribution in [-0.4, -0.2) is 15.9 Å². The summed E-state index contributed by atoms with van der Waals surface area (Å²) in [7, 11) is 0. The Morgan fingerprint density at radius 1 is 1.07 bits per heavy atom. The summed E-state index contributed by atoms with van der Waals surface area (Å²) in [6.45, 7) is 0. The first-order valence-corrected chi connectivity index (χ1v) is 9.41. The predicted octanol–water partition coefficient (Wildman–Crippen LogP) is 5.94. The van der Waals surface area contributed by atoms with E-state index in [4.69, 9.17) is 51.4 Å². The maximum absolute atomic E-state index is 12.4. The van der Waals surface area contributed by atoms with Crippen molar-refractivity contribution in [3.63, 3.8) is 0 Å². The van der Waals surface area contributed by atoms with Crippen LogP contribution in [0.25, 0.3) is 11.3 Å². The Morgan fingerprint density at radius 3 is 2.55 bits per heavy atom. The third-order valence-electron chi connectivity index (χ3n) is 3.68. The minimum absolute atomic E-state index is 0.0228. The largest absolute Gasteiger partial charge is 0.451 e. The highest BCUT2D eigenvalue weighted by Crippen LogP contribution is 2.34. The minimum Gasteiger partial charge on any atom is -0.451 e. The maximum atomic E-state index is 12.4. The van der Waals surface area contributed by atoms with Crippen molar-refractivity contribution in [2.75, 3.05) is 5.32 Å². The molecule has 0 spiro atoms. The van der Waals surface area contributed by atoms with Crippen molar-refractivity contribution in [2.45, 2.75) is 0 Å². The molecule has 2 aromatic carbocycles. The van der Waals surface area contributed by atoms with Gasteiger partial charge in [0.2, 0.25) is 0 Å². The lowest BCUT2D eigenvalue weighted by atomic mass is 10.2. The summed E-state index contributed by atoms with van der Waals surface area (Å²) in [4.78, 5) is 22.7. The minimum atomic E-state index is -0.631. The molecule has 0 unspecified atom stereocenters. The van der Waals surface area contributed by atoms with E-state index in [1.807, 2.05) is 0 Å². The van der Waals surface area contributed by atoms with Crippen LogP contribution in [0, 0.1) is 10.1 Å². The van der Waals surface area contributed by atoms with Gasteiger partial charge in [0.1, 0.15) is 5.76 Å². The van der Waals surface area contributed by atoms with E-state index >= 15 is 0 Å². The highest BCUT2D eigenvalue weighted by Gasteiger charge is 2.17. The molecule has 0 atom stereocenters. The molecular formula is C18H10Cl3N3O4S. The molecule has 0 radical (unpaired) electrons. The molecule has 0 fully saturated rings. The Kier molecular flexibility index (Phi) is 6.39. The number of amides is 1. The summed E-state index contributed by atoms with van der Waals surface area (Å²) in [6.07, 6.45) is 0. The molecular weight excluding hydrogens is 461 g/mol. The Morgan fingerprint density at radius 2 is 1.83 bits per heavy atom. The second-order valence-corrected chi connectivity index (χ2v) is 7.20. The van der Waals surface area contributed by atoms with Crippen LogP contribution >= 0.6 is 47.0 Å². The molecule has 0 aliphatic carbocycles. The van der Waals surface area contributed by atoms with Gasteiger partial charge in [-0.15, -0.1) is 0 Å². The molecule has 1 heterocycles. The second-order valence-electron chi connectivity index (χ2n) is 5.59. The maximum Gasteiger partial charge on any atom is 0.293 e. The zero-order chi connectivity index (χ0) is 21.1. The molecule has 0 bridgehead atoms. The lowest BCUT2D eigenvalue weighted by molar-refractivity contribution is -0.384. The molecule has 0 aliphatic heterocycles. The van der Waals surface area contributed by atoms with E-state index in [0.717, 1.165) is 0 Å². The van der Waals surface area contributed by atoms with Crippen molar-refractivity contribution >= 4 is 69.4 Å². The normalized spacial score (nSPS) is 10.4. The SMILES string of the molecule is O=C(NC(=S)Nc1cc([N+](=O)[O-])ccc1Cl)c1ccc(-c2cccc(Cl)c2Cl)o1. The number of carbonyl (C=O) groups is 1. The number of nitrogens with one attached hydrogen (secondary N) is 2. The Bertz CT molecular complexity index is 1130. The van der Waals surface area contributed by atoms with Gasteiger partial charge in [0.25, 0.3) is 11.6 Å². The molecule has 1 amide bonds. The summed E-state index contributed by atoms with van der Waals surface area (Å²) in [5.41, 5.74) is 0.527. The highest BCUT2D eigenvalue weighted by molar-refractivity contribution is 7.80. The lowest BCUT2D eigenvalue weighted by Gasteiger charge is -2.10. The fourth-order valence-electron chi connectivity index (χ4n) is 2.34. The first kappa shape index (κ1) is 21.1. The first-order chi connectivity index (χ1) is 13.8. The van der Waals surface area contributed by atoms with Gasteiger partial charge in [0, 0.05) is 17.7 Å². The Hall–Kier alpha value is -2.65. The number of rotatable bonds is 4. The number of hydrogen-bond donors (Lipinski definition) is 2. The van der Waals surface area contributed by atoms with E-state index < -0.39 is 10.8 Å². The predicted molar refractivity (Wildman–Crippen MR) is 116 cm³/mol. The van der Waals surface area contributed by atoms with Gasteiger partial charge >= 0.3 is 0 Å². The number of halogens is 3. The Labute approximate surface area is 184 Å². The summed E-state index contributed by atoms with van der Waals surface area (Å²) in [6, 6.07) is 11.9. The molecule has 3 rings (SSSR count). The van der Waals surface area contributed by atoms with E-state index in [-0.39, 0.29) is 27.3 Å². The number of hydrogen-bond acceptors (Lipinski definition) is 5. The van der Waals surface area contributed by atoms with Crippen molar-refractivity contribution in [3.8, 4) is 11.3 Å². The number of nitrogens with zero attached hydrogens (tertiary/aromatic N) is 1. The monoisotopic (exact) mass is 469 g/mol. The summed E-state index contributed by atoms with van der Waals surface area (Å²) < 4.78 is 5.53. The molecule has 29 heavy (non-hydrogen) atoms. The van der Waals surface area contributed by atoms with Gasteiger partial charge in [-0.05, 0) is 42.5 Å². The van der Waals surface area contributed by atoms with E-state index in [1.165, 1.54) is 24.3 Å². The molecule has 11 heteroatoms. The van der Waals surface area contributed by atoms with Gasteiger partial charge in [-0.3, -0.25) is 20.2 Å². The number of non-ortho nitro benzene ring substituents is 1. The average molecular weight is 471 g/mol. The topological polar surface area (TPSA) is 97.4 Å². The number of benzene rings is 2. The lowest BCUT2D eigenvalue weighted by Crippen LogP contribution is -2.34. The number of anilines is 1. The van der Waals surface area contributed by atoms with Crippen molar-refractivity contribution in [1.82, 2.24) is 5.32 Å². The number of carbonyl (C=O) groups excluding carboxylic acids is 1. The van der Waals surface area contributed by atoms with Crippen LogP contribution in [-0.2, 0) is 0 Å². The molecule has 3 aromatic rings. The van der Waals surface area contributed by atoms with Gasteiger partial charge in [0.15, 0.2) is 10.9 Å². The first-order valence-electron chi connectivity index (χ1n) is 7.86. The molecule has 0 aliphatic rings. The van der Waals surface area contributed by atoms with Crippen LogP contribution in [0.4, 0.5) is 11.4 Å². The number of nitro benzene ring substituents is 1. The summed E-state index contributed by atoms with van der Waals surface area (Å²) >= 11 is 23.2. The van der Waals surface area contributed by atoms with Crippen LogP contribution in [0.2, 0.25) is 15.1 Å². The van der Waals surface area contributed by atoms with E-state index in [9.17, 15) is 14.9 Å². The van der Waals surface area contributed by atoms with E-state index in [2.05, 4.69) is 10.6 Å². The average Bonchev–Trinajstić information content (AvgIpc) is 3.15. The van der Waals surface area contributed by atoms with Crippen molar-refractivity contribution < 1.29 is 14.1 Å². The number of furan rings is 1. The zero-order valence-corrected chi connectivity index (χ0v) is 17.3. The smallest absolute Gasteiger partial charge is 0.293 e. The third-order valence-corrected chi connectivity index (χ3v) is 5.04. The van der Waals surface area contributed by atoms with Gasteiger partial charge in [-0.25, -0.2) is 0 Å². The van der Waals surface area contributed by atoms with E-state index in [0.29, 0.717) is 21.4 Å². The van der Waals surface area contributed by atoms with Crippen LogP contribution in [0.15, 0.2) is 52.9 Å². The van der Waals surface area contributed by atoms with Crippen molar-refractivity contribution in [2.24, 2.45) is 0 Å². The highest BCUT2D eigenvalue weighted by atomic mass is 35.5. The molecule has 0 saturated heterocycles. The molecule has 1 aromatic heterocycles. The van der Waals surface area contributed by atoms with Crippen LogP contribution in [0.3, 0.4) is 0 Å². The standard InChI is InChI=1S/C18H10Cl3N3O4S/c19-11-5-4-9(24(26)27)8-13(11)22-18(29)23-17(25)15-7-6-14(28-15)10-2-1-3-12(20)16(10)21/h1-8H,(H2,22,23,25,29). The summed E-state index contributed by atoms with van der Waals surface area (Å²) in [5, 5.41) is 16.7. The van der Waals surface area contributed by atoms with E-state index in [1.54, 1.807) is 24.3 Å². The number of thiocarbonyl (C=S) groups is 1. The quantitative estimate of drug-likeness (QED) is 0.278.